The number of benzene rings is 1. The van der Waals surface area contributed by atoms with Gasteiger partial charge in [0.05, 0.1) is 0 Å². The highest BCUT2D eigenvalue weighted by molar-refractivity contribution is 5.55. The first kappa shape index (κ1) is 12.5. The minimum Gasteiger partial charge on any atom is -0.382 e. The van der Waals surface area contributed by atoms with Crippen molar-refractivity contribution in [2.75, 3.05) is 5.32 Å². The summed E-state index contributed by atoms with van der Waals surface area (Å²) < 4.78 is 0. The van der Waals surface area contributed by atoms with E-state index in [9.17, 15) is 0 Å². The minimum atomic E-state index is 0.626. The summed E-state index contributed by atoms with van der Waals surface area (Å²) in [4.78, 5) is 0. The van der Waals surface area contributed by atoms with Crippen molar-refractivity contribution in [1.82, 2.24) is 0 Å². The Morgan fingerprint density at radius 2 is 2.00 bits per heavy atom. The zero-order valence-electron chi connectivity index (χ0n) is 11.2. The van der Waals surface area contributed by atoms with E-state index in [1.165, 1.54) is 44.2 Å². The summed E-state index contributed by atoms with van der Waals surface area (Å²) in [5.41, 5.74) is 2.91. The first-order valence-corrected chi connectivity index (χ1v) is 7.16. The molecular formula is C16H25N. The van der Waals surface area contributed by atoms with Crippen LogP contribution in [-0.4, -0.2) is 6.04 Å². The van der Waals surface area contributed by atoms with Gasteiger partial charge in [-0.15, -0.1) is 0 Å². The van der Waals surface area contributed by atoms with Gasteiger partial charge in [-0.25, -0.2) is 0 Å². The second-order valence-electron chi connectivity index (χ2n) is 5.41. The molecule has 1 aliphatic heterocycles. The summed E-state index contributed by atoms with van der Waals surface area (Å²) in [5.74, 6) is 0.777. The minimum absolute atomic E-state index is 0.626. The molecule has 0 radical (unpaired) electrons. The number of fused-ring (bicyclic) bond motifs is 1. The molecule has 0 amide bonds. The largest absolute Gasteiger partial charge is 0.382 e. The van der Waals surface area contributed by atoms with Crippen LogP contribution >= 0.6 is 0 Å². The number of hydrogen-bond donors (Lipinski definition) is 1. The van der Waals surface area contributed by atoms with Crippen LogP contribution in [0.5, 0.6) is 0 Å². The molecule has 1 aromatic carbocycles. The maximum absolute atomic E-state index is 3.59. The highest BCUT2D eigenvalue weighted by atomic mass is 14.9. The van der Waals surface area contributed by atoms with Gasteiger partial charge in [0.2, 0.25) is 0 Å². The van der Waals surface area contributed by atoms with Crippen molar-refractivity contribution >= 4 is 5.69 Å². The lowest BCUT2D eigenvalue weighted by Gasteiger charge is -2.31. The average Bonchev–Trinajstić information content (AvgIpc) is 2.34. The molecule has 1 aromatic rings. The number of hydrogen-bond acceptors (Lipinski definition) is 1. The predicted molar refractivity (Wildman–Crippen MR) is 75.6 cm³/mol. The molecule has 94 valence electrons. The number of rotatable bonds is 5. The van der Waals surface area contributed by atoms with Gasteiger partial charge in [-0.3, -0.25) is 0 Å². The predicted octanol–water partition coefficient (Wildman–Crippen LogP) is 4.94. The maximum atomic E-state index is 3.59. The van der Waals surface area contributed by atoms with Crippen LogP contribution in [0.2, 0.25) is 0 Å². The highest BCUT2D eigenvalue weighted by Gasteiger charge is 2.22. The molecule has 2 rings (SSSR count). The molecule has 2 atom stereocenters. The monoisotopic (exact) mass is 231 g/mol. The van der Waals surface area contributed by atoms with Gasteiger partial charge < -0.3 is 5.32 Å². The lowest BCUT2D eigenvalue weighted by molar-refractivity contribution is 0.490. The highest BCUT2D eigenvalue weighted by Crippen LogP contribution is 2.37. The van der Waals surface area contributed by atoms with Crippen LogP contribution in [0.1, 0.15) is 63.9 Å². The van der Waals surface area contributed by atoms with Gasteiger partial charge in [-0.05, 0) is 37.3 Å². The Morgan fingerprint density at radius 1 is 1.18 bits per heavy atom. The van der Waals surface area contributed by atoms with Crippen molar-refractivity contribution in [3.63, 3.8) is 0 Å². The number of para-hydroxylation sites is 1. The molecule has 0 aromatic heterocycles. The Bertz CT molecular complexity index is 345. The standard InChI is InChI=1S/C16H25N/c1-3-4-5-6-9-14-12-13(2)17-16-11-8-7-10-15(14)16/h7-8,10-11,13-14,17H,3-6,9,12H2,1-2H3. The molecule has 1 heterocycles. The zero-order valence-corrected chi connectivity index (χ0v) is 11.2. The molecule has 2 unspecified atom stereocenters. The van der Waals surface area contributed by atoms with E-state index in [4.69, 9.17) is 0 Å². The van der Waals surface area contributed by atoms with Gasteiger partial charge in [-0.1, -0.05) is 50.8 Å². The molecule has 1 heteroatoms. The number of anilines is 1. The van der Waals surface area contributed by atoms with E-state index in [2.05, 4.69) is 43.4 Å². The van der Waals surface area contributed by atoms with Crippen LogP contribution in [0.15, 0.2) is 24.3 Å². The summed E-state index contributed by atoms with van der Waals surface area (Å²) in [5, 5.41) is 3.59. The number of unbranched alkanes of at least 4 members (excludes halogenated alkanes) is 3. The Hall–Kier alpha value is -0.980. The van der Waals surface area contributed by atoms with Gasteiger partial charge in [0, 0.05) is 11.7 Å². The fraction of sp³-hybridized carbons (Fsp3) is 0.625. The summed E-state index contributed by atoms with van der Waals surface area (Å²) in [6.07, 6.45) is 8.17. The number of nitrogens with one attached hydrogen (secondary N) is 1. The summed E-state index contributed by atoms with van der Waals surface area (Å²) in [6.45, 7) is 4.58. The van der Waals surface area contributed by atoms with Gasteiger partial charge in [0.1, 0.15) is 0 Å². The molecule has 0 spiro atoms. The van der Waals surface area contributed by atoms with Crippen LogP contribution in [0.25, 0.3) is 0 Å². The van der Waals surface area contributed by atoms with Crippen molar-refractivity contribution in [1.29, 1.82) is 0 Å². The third-order valence-electron chi connectivity index (χ3n) is 3.85. The zero-order chi connectivity index (χ0) is 12.1. The summed E-state index contributed by atoms with van der Waals surface area (Å²) >= 11 is 0. The van der Waals surface area contributed by atoms with Gasteiger partial charge in [0.25, 0.3) is 0 Å². The molecule has 17 heavy (non-hydrogen) atoms. The average molecular weight is 231 g/mol. The first-order valence-electron chi connectivity index (χ1n) is 7.16. The van der Waals surface area contributed by atoms with Gasteiger partial charge in [0.15, 0.2) is 0 Å². The van der Waals surface area contributed by atoms with E-state index >= 15 is 0 Å². The van der Waals surface area contributed by atoms with E-state index in [1.54, 1.807) is 5.56 Å². The van der Waals surface area contributed by atoms with E-state index in [0.717, 1.165) is 5.92 Å². The SMILES string of the molecule is CCCCCCC1CC(C)Nc2ccccc21. The first-order chi connectivity index (χ1) is 8.31. The van der Waals surface area contributed by atoms with E-state index in [1.807, 2.05) is 0 Å². The fourth-order valence-corrected chi connectivity index (χ4v) is 2.95. The Morgan fingerprint density at radius 3 is 2.82 bits per heavy atom. The van der Waals surface area contributed by atoms with Crippen LogP contribution in [-0.2, 0) is 0 Å². The molecule has 0 fully saturated rings. The Kier molecular flexibility index (Phi) is 4.47. The second-order valence-corrected chi connectivity index (χ2v) is 5.41. The second kappa shape index (κ2) is 6.09. The smallest absolute Gasteiger partial charge is 0.0377 e. The normalized spacial score (nSPS) is 22.9. The van der Waals surface area contributed by atoms with Gasteiger partial charge in [-0.2, -0.15) is 0 Å². The lowest BCUT2D eigenvalue weighted by Crippen LogP contribution is -2.25. The molecule has 0 aliphatic carbocycles. The van der Waals surface area contributed by atoms with Crippen LogP contribution in [0.3, 0.4) is 0 Å². The molecule has 0 saturated heterocycles. The topological polar surface area (TPSA) is 12.0 Å². The molecule has 0 saturated carbocycles. The van der Waals surface area contributed by atoms with Crippen molar-refractivity contribution in [2.45, 2.75) is 64.3 Å². The van der Waals surface area contributed by atoms with Gasteiger partial charge >= 0.3 is 0 Å². The van der Waals surface area contributed by atoms with Crippen molar-refractivity contribution in [3.8, 4) is 0 Å². The lowest BCUT2D eigenvalue weighted by atomic mass is 9.84. The van der Waals surface area contributed by atoms with Crippen molar-refractivity contribution in [2.24, 2.45) is 0 Å². The Balaban J connectivity index is 1.97. The van der Waals surface area contributed by atoms with Crippen LogP contribution < -0.4 is 5.32 Å². The van der Waals surface area contributed by atoms with E-state index in [-0.39, 0.29) is 0 Å². The summed E-state index contributed by atoms with van der Waals surface area (Å²) in [6, 6.07) is 9.47. The van der Waals surface area contributed by atoms with Crippen molar-refractivity contribution < 1.29 is 0 Å². The van der Waals surface area contributed by atoms with Crippen LogP contribution in [0, 0.1) is 0 Å². The molecule has 1 aliphatic rings. The molecule has 1 nitrogen and oxygen atoms in total. The molecule has 1 N–H and O–H groups in total. The quantitative estimate of drug-likeness (QED) is 0.707. The maximum Gasteiger partial charge on any atom is 0.0377 e. The van der Waals surface area contributed by atoms with E-state index in [0.29, 0.717) is 6.04 Å². The molecular weight excluding hydrogens is 206 g/mol. The molecule has 0 bridgehead atoms. The third-order valence-corrected chi connectivity index (χ3v) is 3.85. The fourth-order valence-electron chi connectivity index (χ4n) is 2.95. The van der Waals surface area contributed by atoms with Crippen molar-refractivity contribution in [3.05, 3.63) is 29.8 Å². The van der Waals surface area contributed by atoms with E-state index < -0.39 is 0 Å². The Labute approximate surface area is 106 Å². The van der Waals surface area contributed by atoms with Crippen LogP contribution in [0.4, 0.5) is 5.69 Å². The summed E-state index contributed by atoms with van der Waals surface area (Å²) in [7, 11) is 0. The third kappa shape index (κ3) is 3.24.